The first-order valence-electron chi connectivity index (χ1n) is 9.28. The molecule has 0 bridgehead atoms. The van der Waals surface area contributed by atoms with Gasteiger partial charge in [-0.3, -0.25) is 9.80 Å². The van der Waals surface area contributed by atoms with E-state index in [4.69, 9.17) is 0 Å². The Morgan fingerprint density at radius 3 is 2.48 bits per heavy atom. The Hall–Kier alpha value is -1.24. The quantitative estimate of drug-likeness (QED) is 0.816. The van der Waals surface area contributed by atoms with Crippen molar-refractivity contribution < 1.29 is 18.6 Å². The van der Waals surface area contributed by atoms with Crippen LogP contribution in [0.15, 0.2) is 24.3 Å². The largest absolute Gasteiger partial charge is 0.435 e. The van der Waals surface area contributed by atoms with E-state index in [9.17, 15) is 13.9 Å². The number of benzene rings is 1. The van der Waals surface area contributed by atoms with Crippen molar-refractivity contribution in [2.45, 2.75) is 57.3 Å². The normalized spacial score (nSPS) is 23.4. The molecule has 6 heteroatoms. The Balaban J connectivity index is 1.56. The van der Waals surface area contributed by atoms with Gasteiger partial charge in [0.15, 0.2) is 0 Å². The van der Waals surface area contributed by atoms with Crippen molar-refractivity contribution in [3.05, 3.63) is 29.8 Å². The van der Waals surface area contributed by atoms with Crippen molar-refractivity contribution in [1.29, 1.82) is 0 Å². The zero-order valence-corrected chi connectivity index (χ0v) is 14.6. The molecule has 1 saturated carbocycles. The summed E-state index contributed by atoms with van der Waals surface area (Å²) in [5.41, 5.74) is 1.10. The monoisotopic (exact) mass is 354 g/mol. The van der Waals surface area contributed by atoms with Gasteiger partial charge in [0.2, 0.25) is 0 Å². The van der Waals surface area contributed by atoms with Crippen molar-refractivity contribution in [2.75, 3.05) is 26.2 Å². The number of alkyl halides is 2. The molecule has 1 unspecified atom stereocenters. The minimum absolute atomic E-state index is 0.197. The van der Waals surface area contributed by atoms with E-state index < -0.39 is 6.61 Å². The van der Waals surface area contributed by atoms with Crippen LogP contribution in [0.2, 0.25) is 0 Å². The van der Waals surface area contributed by atoms with Gasteiger partial charge < -0.3 is 9.84 Å². The molecule has 1 aromatic rings. The Morgan fingerprint density at radius 2 is 1.84 bits per heavy atom. The molecule has 1 N–H and O–H groups in total. The second-order valence-electron chi connectivity index (χ2n) is 7.10. The summed E-state index contributed by atoms with van der Waals surface area (Å²) in [7, 11) is 0. The molecule has 0 amide bonds. The maximum Gasteiger partial charge on any atom is 0.387 e. The fraction of sp³-hybridized carbons (Fsp3) is 0.684. The lowest BCUT2D eigenvalue weighted by molar-refractivity contribution is -0.0498. The lowest BCUT2D eigenvalue weighted by atomic mass is 10.0. The van der Waals surface area contributed by atoms with E-state index in [1.807, 2.05) is 12.1 Å². The van der Waals surface area contributed by atoms with Crippen molar-refractivity contribution >= 4 is 0 Å². The summed E-state index contributed by atoms with van der Waals surface area (Å²) in [5.74, 6) is 0.197. The van der Waals surface area contributed by atoms with Crippen LogP contribution < -0.4 is 4.74 Å². The number of ether oxygens (including phenoxy) is 1. The summed E-state index contributed by atoms with van der Waals surface area (Å²) in [6.45, 7) is 1.24. The lowest BCUT2D eigenvalue weighted by Crippen LogP contribution is -2.55. The molecule has 4 nitrogen and oxygen atoms in total. The van der Waals surface area contributed by atoms with Crippen LogP contribution >= 0.6 is 0 Å². The lowest BCUT2D eigenvalue weighted by Gasteiger charge is -2.44. The van der Waals surface area contributed by atoms with Crippen LogP contribution in [-0.4, -0.2) is 59.8 Å². The highest BCUT2D eigenvalue weighted by molar-refractivity contribution is 5.27. The Morgan fingerprint density at radius 1 is 1.12 bits per heavy atom. The fourth-order valence-electron chi connectivity index (χ4n) is 4.23. The van der Waals surface area contributed by atoms with Crippen molar-refractivity contribution in [2.24, 2.45) is 0 Å². The summed E-state index contributed by atoms with van der Waals surface area (Å²) < 4.78 is 28.8. The van der Waals surface area contributed by atoms with Gasteiger partial charge >= 0.3 is 6.61 Å². The number of rotatable bonds is 7. The van der Waals surface area contributed by atoms with E-state index >= 15 is 0 Å². The second kappa shape index (κ2) is 8.92. The van der Waals surface area contributed by atoms with E-state index in [0.29, 0.717) is 12.1 Å². The number of aliphatic hydroxyl groups excluding tert-OH is 1. The molecule has 0 radical (unpaired) electrons. The van der Waals surface area contributed by atoms with Gasteiger partial charge in [-0.1, -0.05) is 25.0 Å². The first kappa shape index (κ1) is 18.5. The fourth-order valence-corrected chi connectivity index (χ4v) is 4.23. The third kappa shape index (κ3) is 5.12. The zero-order chi connectivity index (χ0) is 17.6. The van der Waals surface area contributed by atoms with Gasteiger partial charge in [-0.15, -0.1) is 0 Å². The molecule has 1 aromatic carbocycles. The highest BCUT2D eigenvalue weighted by Gasteiger charge is 2.32. The van der Waals surface area contributed by atoms with E-state index in [1.54, 1.807) is 12.1 Å². The SMILES string of the molecule is OCCC1CN(Cc2ccc(OC(F)F)cc2)CCN1C1CCCC1. The van der Waals surface area contributed by atoms with Gasteiger partial charge in [-0.05, 0) is 37.0 Å². The molecule has 3 rings (SSSR count). The van der Waals surface area contributed by atoms with Crippen LogP contribution in [0, 0.1) is 0 Å². The smallest absolute Gasteiger partial charge is 0.387 e. The minimum atomic E-state index is -2.78. The van der Waals surface area contributed by atoms with Gasteiger partial charge in [-0.25, -0.2) is 0 Å². The predicted octanol–water partition coefficient (Wildman–Crippen LogP) is 3.10. The first-order chi connectivity index (χ1) is 12.2. The molecule has 2 fully saturated rings. The standard InChI is InChI=1S/C19H28F2N2O2/c20-19(21)25-18-7-5-15(6-8-18)13-22-10-11-23(16-3-1-2-4-16)17(14-22)9-12-24/h5-8,16-17,19,24H,1-4,9-14H2. The number of halogens is 2. The Labute approximate surface area is 148 Å². The van der Waals surface area contributed by atoms with Gasteiger partial charge in [0.05, 0.1) is 0 Å². The van der Waals surface area contributed by atoms with Crippen LogP contribution in [0.4, 0.5) is 8.78 Å². The van der Waals surface area contributed by atoms with Gasteiger partial charge in [0.1, 0.15) is 5.75 Å². The van der Waals surface area contributed by atoms with E-state index in [-0.39, 0.29) is 12.4 Å². The molecular formula is C19H28F2N2O2. The first-order valence-corrected chi connectivity index (χ1v) is 9.28. The highest BCUT2D eigenvalue weighted by Crippen LogP contribution is 2.28. The van der Waals surface area contributed by atoms with Crippen LogP contribution in [0.25, 0.3) is 0 Å². The molecule has 0 spiro atoms. The minimum Gasteiger partial charge on any atom is -0.435 e. The summed E-state index contributed by atoms with van der Waals surface area (Å²) in [6, 6.07) is 7.99. The average Bonchev–Trinajstić information content (AvgIpc) is 3.11. The van der Waals surface area contributed by atoms with Gasteiger partial charge in [-0.2, -0.15) is 8.78 Å². The number of hydrogen-bond donors (Lipinski definition) is 1. The average molecular weight is 354 g/mol. The van der Waals surface area contributed by atoms with Crippen molar-refractivity contribution in [3.63, 3.8) is 0 Å². The molecule has 140 valence electrons. The molecule has 1 atom stereocenters. The number of aliphatic hydroxyl groups is 1. The molecule has 2 aliphatic rings. The number of nitrogens with zero attached hydrogens (tertiary/aromatic N) is 2. The summed E-state index contributed by atoms with van der Waals surface area (Å²) >= 11 is 0. The van der Waals surface area contributed by atoms with Crippen LogP contribution in [-0.2, 0) is 6.54 Å². The van der Waals surface area contributed by atoms with Crippen LogP contribution in [0.1, 0.15) is 37.7 Å². The maximum absolute atomic E-state index is 12.2. The van der Waals surface area contributed by atoms with Crippen molar-refractivity contribution in [1.82, 2.24) is 9.80 Å². The molecule has 1 aliphatic carbocycles. The third-order valence-electron chi connectivity index (χ3n) is 5.42. The highest BCUT2D eigenvalue weighted by atomic mass is 19.3. The van der Waals surface area contributed by atoms with E-state index in [1.165, 1.54) is 25.7 Å². The third-order valence-corrected chi connectivity index (χ3v) is 5.42. The maximum atomic E-state index is 12.2. The molecule has 25 heavy (non-hydrogen) atoms. The molecule has 1 heterocycles. The Bertz CT molecular complexity index is 521. The van der Waals surface area contributed by atoms with Gasteiger partial charge in [0, 0.05) is 44.9 Å². The number of hydrogen-bond acceptors (Lipinski definition) is 4. The second-order valence-corrected chi connectivity index (χ2v) is 7.10. The summed E-state index contributed by atoms with van der Waals surface area (Å²) in [4.78, 5) is 5.01. The molecule has 0 aromatic heterocycles. The van der Waals surface area contributed by atoms with Gasteiger partial charge in [0.25, 0.3) is 0 Å². The Kier molecular flexibility index (Phi) is 6.62. The molecule has 1 saturated heterocycles. The predicted molar refractivity (Wildman–Crippen MR) is 92.8 cm³/mol. The number of piperazine rings is 1. The van der Waals surface area contributed by atoms with Crippen LogP contribution in [0.3, 0.4) is 0 Å². The van der Waals surface area contributed by atoms with Crippen LogP contribution in [0.5, 0.6) is 5.75 Å². The van der Waals surface area contributed by atoms with Crippen molar-refractivity contribution in [3.8, 4) is 5.75 Å². The summed E-state index contributed by atoms with van der Waals surface area (Å²) in [6.07, 6.45) is 6.03. The zero-order valence-electron chi connectivity index (χ0n) is 14.6. The van der Waals surface area contributed by atoms with E-state index in [0.717, 1.165) is 38.2 Å². The van der Waals surface area contributed by atoms with E-state index in [2.05, 4.69) is 14.5 Å². The molecule has 1 aliphatic heterocycles. The topological polar surface area (TPSA) is 35.9 Å². The molecular weight excluding hydrogens is 326 g/mol. The summed E-state index contributed by atoms with van der Waals surface area (Å²) in [5, 5.41) is 9.44.